The van der Waals surface area contributed by atoms with Crippen molar-refractivity contribution in [2.45, 2.75) is 31.4 Å². The quantitative estimate of drug-likeness (QED) is 0.930. The van der Waals surface area contributed by atoms with E-state index in [0.717, 1.165) is 43.9 Å². The van der Waals surface area contributed by atoms with Gasteiger partial charge in [0, 0.05) is 37.7 Å². The Balaban J connectivity index is 1.53. The van der Waals surface area contributed by atoms with Gasteiger partial charge >= 0.3 is 0 Å². The third kappa shape index (κ3) is 3.05. The summed E-state index contributed by atoms with van der Waals surface area (Å²) in [7, 11) is 1.69. The standard InChI is InChI=1S/C21H26N2O2/c1-25-19-10-8-16(9-11-19)13-23-14-17-5-4-6-18(15-23)21(17,24)20-7-2-3-12-22-20/h2-3,7-12,17-18,24H,4-6,13-15H2,1H3/t17-,18+,21?. The molecule has 0 spiro atoms. The second kappa shape index (κ2) is 6.77. The van der Waals surface area contributed by atoms with Crippen molar-refractivity contribution < 1.29 is 9.84 Å². The molecule has 4 rings (SSSR count). The van der Waals surface area contributed by atoms with Crippen LogP contribution in [0.2, 0.25) is 0 Å². The molecule has 2 aliphatic rings. The van der Waals surface area contributed by atoms with Gasteiger partial charge in [-0.1, -0.05) is 24.6 Å². The molecule has 3 atom stereocenters. The lowest BCUT2D eigenvalue weighted by Gasteiger charge is -2.52. The molecule has 1 aliphatic heterocycles. The lowest BCUT2D eigenvalue weighted by molar-refractivity contribution is -0.151. The molecule has 1 aromatic carbocycles. The third-order valence-electron chi connectivity index (χ3n) is 5.95. The van der Waals surface area contributed by atoms with E-state index in [0.29, 0.717) is 0 Å². The Hall–Kier alpha value is -1.91. The fraction of sp³-hybridized carbons (Fsp3) is 0.476. The molecule has 4 nitrogen and oxygen atoms in total. The van der Waals surface area contributed by atoms with E-state index in [-0.39, 0.29) is 11.8 Å². The zero-order valence-electron chi connectivity index (χ0n) is 14.8. The molecule has 1 N–H and O–H groups in total. The van der Waals surface area contributed by atoms with Crippen LogP contribution in [0.15, 0.2) is 48.7 Å². The Kier molecular flexibility index (Phi) is 4.48. The summed E-state index contributed by atoms with van der Waals surface area (Å²) in [5.41, 5.74) is 1.38. The van der Waals surface area contributed by atoms with Crippen molar-refractivity contribution in [1.82, 2.24) is 9.88 Å². The summed E-state index contributed by atoms with van der Waals surface area (Å²) in [6.45, 7) is 2.78. The number of rotatable bonds is 4. The molecule has 2 fully saturated rings. The molecule has 1 aromatic heterocycles. The van der Waals surface area contributed by atoms with Crippen molar-refractivity contribution in [2.75, 3.05) is 20.2 Å². The lowest BCUT2D eigenvalue weighted by atomic mass is 9.64. The Bertz CT molecular complexity index is 688. The van der Waals surface area contributed by atoms with Crippen LogP contribution in [0.5, 0.6) is 5.75 Å². The van der Waals surface area contributed by atoms with Crippen LogP contribution in [0.1, 0.15) is 30.5 Å². The average molecular weight is 338 g/mol. The summed E-state index contributed by atoms with van der Waals surface area (Å²) < 4.78 is 5.24. The number of aliphatic hydroxyl groups is 1. The minimum Gasteiger partial charge on any atom is -0.497 e. The van der Waals surface area contributed by atoms with E-state index in [2.05, 4.69) is 22.0 Å². The van der Waals surface area contributed by atoms with Crippen LogP contribution in [-0.2, 0) is 12.1 Å². The van der Waals surface area contributed by atoms with Gasteiger partial charge in [-0.25, -0.2) is 0 Å². The van der Waals surface area contributed by atoms with Gasteiger partial charge in [0.1, 0.15) is 11.4 Å². The number of hydrogen-bond acceptors (Lipinski definition) is 4. The fourth-order valence-electron chi connectivity index (χ4n) is 4.68. The fourth-order valence-corrected chi connectivity index (χ4v) is 4.68. The predicted octanol–water partition coefficient (Wildman–Crippen LogP) is 3.21. The van der Waals surface area contributed by atoms with Gasteiger partial charge in [0.05, 0.1) is 12.8 Å². The number of likely N-dealkylation sites (tertiary alicyclic amines) is 1. The van der Waals surface area contributed by atoms with Crippen molar-refractivity contribution in [3.05, 3.63) is 59.9 Å². The first kappa shape index (κ1) is 16.6. The van der Waals surface area contributed by atoms with Crippen LogP contribution in [0, 0.1) is 11.8 Å². The zero-order chi connectivity index (χ0) is 17.3. The number of pyridine rings is 1. The number of aromatic nitrogens is 1. The van der Waals surface area contributed by atoms with Crippen LogP contribution < -0.4 is 4.74 Å². The Morgan fingerprint density at radius 3 is 2.44 bits per heavy atom. The number of methoxy groups -OCH3 is 1. The topological polar surface area (TPSA) is 45.6 Å². The molecule has 2 aromatic rings. The summed E-state index contributed by atoms with van der Waals surface area (Å²) in [4.78, 5) is 7.00. The molecule has 1 unspecified atom stereocenters. The molecule has 2 bridgehead atoms. The summed E-state index contributed by atoms with van der Waals surface area (Å²) in [6.07, 6.45) is 5.15. The van der Waals surface area contributed by atoms with Gasteiger partial charge in [-0.15, -0.1) is 0 Å². The SMILES string of the molecule is COc1ccc(CN2C[C@H]3CCC[C@@H](C2)C3(O)c2ccccn2)cc1. The minimum absolute atomic E-state index is 0.258. The molecule has 0 amide bonds. The van der Waals surface area contributed by atoms with Gasteiger partial charge in [0.2, 0.25) is 0 Å². The van der Waals surface area contributed by atoms with E-state index in [1.54, 1.807) is 13.3 Å². The maximum atomic E-state index is 11.6. The predicted molar refractivity (Wildman–Crippen MR) is 97.2 cm³/mol. The first-order valence-electron chi connectivity index (χ1n) is 9.19. The van der Waals surface area contributed by atoms with Crippen LogP contribution in [-0.4, -0.2) is 35.2 Å². The van der Waals surface area contributed by atoms with Crippen LogP contribution in [0.3, 0.4) is 0 Å². The van der Waals surface area contributed by atoms with E-state index in [4.69, 9.17) is 4.74 Å². The largest absolute Gasteiger partial charge is 0.497 e. The third-order valence-corrected chi connectivity index (χ3v) is 5.95. The van der Waals surface area contributed by atoms with Gasteiger partial charge in [0.15, 0.2) is 0 Å². The van der Waals surface area contributed by atoms with E-state index < -0.39 is 5.60 Å². The maximum Gasteiger partial charge on any atom is 0.118 e. The van der Waals surface area contributed by atoms with Crippen molar-refractivity contribution in [3.63, 3.8) is 0 Å². The number of benzene rings is 1. The average Bonchev–Trinajstić information content (AvgIpc) is 2.64. The minimum atomic E-state index is -0.768. The van der Waals surface area contributed by atoms with Crippen LogP contribution in [0.4, 0.5) is 0 Å². The van der Waals surface area contributed by atoms with Crippen molar-refractivity contribution in [2.24, 2.45) is 11.8 Å². The van der Waals surface area contributed by atoms with Crippen molar-refractivity contribution in [1.29, 1.82) is 0 Å². The Morgan fingerprint density at radius 1 is 1.12 bits per heavy atom. The van der Waals surface area contributed by atoms with E-state index in [1.165, 1.54) is 12.0 Å². The van der Waals surface area contributed by atoms with Crippen LogP contribution in [0.25, 0.3) is 0 Å². The summed E-state index contributed by atoms with van der Waals surface area (Å²) in [6, 6.07) is 14.2. The highest BCUT2D eigenvalue weighted by molar-refractivity contribution is 5.27. The van der Waals surface area contributed by atoms with E-state index in [1.807, 2.05) is 30.3 Å². The van der Waals surface area contributed by atoms with E-state index >= 15 is 0 Å². The molecule has 2 heterocycles. The van der Waals surface area contributed by atoms with Crippen molar-refractivity contribution in [3.8, 4) is 5.75 Å². The second-order valence-electron chi connectivity index (χ2n) is 7.41. The first-order chi connectivity index (χ1) is 12.2. The summed E-state index contributed by atoms with van der Waals surface area (Å²) in [5.74, 6) is 1.41. The highest BCUT2D eigenvalue weighted by Gasteiger charge is 2.52. The van der Waals surface area contributed by atoms with Gasteiger partial charge in [-0.2, -0.15) is 0 Å². The maximum absolute atomic E-state index is 11.6. The summed E-state index contributed by atoms with van der Waals surface area (Å²) >= 11 is 0. The number of fused-ring (bicyclic) bond motifs is 2. The summed E-state index contributed by atoms with van der Waals surface area (Å²) in [5, 5.41) is 11.6. The van der Waals surface area contributed by atoms with Crippen molar-refractivity contribution >= 4 is 0 Å². The van der Waals surface area contributed by atoms with Gasteiger partial charge < -0.3 is 9.84 Å². The molecule has 1 saturated heterocycles. The smallest absolute Gasteiger partial charge is 0.118 e. The van der Waals surface area contributed by atoms with Gasteiger partial charge in [-0.05, 0) is 42.7 Å². The highest BCUT2D eigenvalue weighted by atomic mass is 16.5. The molecule has 1 saturated carbocycles. The van der Waals surface area contributed by atoms with Gasteiger partial charge in [-0.3, -0.25) is 9.88 Å². The Morgan fingerprint density at radius 2 is 1.84 bits per heavy atom. The molecular weight excluding hydrogens is 312 g/mol. The molecular formula is C21H26N2O2. The number of piperidine rings is 1. The van der Waals surface area contributed by atoms with E-state index in [9.17, 15) is 5.11 Å². The molecule has 132 valence electrons. The highest BCUT2D eigenvalue weighted by Crippen LogP contribution is 2.48. The molecule has 4 heteroatoms. The molecule has 1 aliphatic carbocycles. The zero-order valence-corrected chi connectivity index (χ0v) is 14.8. The molecule has 25 heavy (non-hydrogen) atoms. The normalized spacial score (nSPS) is 29.4. The second-order valence-corrected chi connectivity index (χ2v) is 7.41. The Labute approximate surface area is 149 Å². The molecule has 0 radical (unpaired) electrons. The monoisotopic (exact) mass is 338 g/mol. The number of hydrogen-bond donors (Lipinski definition) is 1. The number of nitrogens with zero attached hydrogens (tertiary/aromatic N) is 2. The lowest BCUT2D eigenvalue weighted by Crippen LogP contribution is -2.58. The first-order valence-corrected chi connectivity index (χ1v) is 9.19. The van der Waals surface area contributed by atoms with Crippen LogP contribution >= 0.6 is 0 Å². The number of ether oxygens (including phenoxy) is 1. The van der Waals surface area contributed by atoms with Gasteiger partial charge in [0.25, 0.3) is 0 Å².